The average molecular weight is 287 g/mol. The number of carbonyl (C=O) groups excluding carboxylic acids is 1. The highest BCUT2D eigenvalue weighted by atomic mass is 16.6. The SMILES string of the molecule is CC(C)(C)OC(=O)Nc1ccc2cc(B(O)O)ccc2c1. The summed E-state index contributed by atoms with van der Waals surface area (Å²) in [6.07, 6.45) is -0.510. The minimum absolute atomic E-state index is 0.426. The number of hydrogen-bond acceptors (Lipinski definition) is 4. The number of carbonyl (C=O) groups is 1. The lowest BCUT2D eigenvalue weighted by Crippen LogP contribution is -2.29. The number of ether oxygens (including phenoxy) is 1. The average Bonchev–Trinajstić information content (AvgIpc) is 2.35. The summed E-state index contributed by atoms with van der Waals surface area (Å²) in [5.74, 6) is 0. The highest BCUT2D eigenvalue weighted by Gasteiger charge is 2.16. The lowest BCUT2D eigenvalue weighted by molar-refractivity contribution is 0.0636. The Bertz CT molecular complexity index is 664. The molecule has 6 heteroatoms. The van der Waals surface area contributed by atoms with E-state index in [4.69, 9.17) is 14.8 Å². The van der Waals surface area contributed by atoms with Crippen LogP contribution in [0.25, 0.3) is 10.8 Å². The summed E-state index contributed by atoms with van der Waals surface area (Å²) in [6, 6.07) is 10.4. The molecule has 3 N–H and O–H groups in total. The van der Waals surface area contributed by atoms with Gasteiger partial charge in [-0.3, -0.25) is 5.32 Å². The van der Waals surface area contributed by atoms with Crippen molar-refractivity contribution in [2.45, 2.75) is 26.4 Å². The van der Waals surface area contributed by atoms with Crippen LogP contribution in [-0.2, 0) is 4.74 Å². The minimum atomic E-state index is -1.49. The van der Waals surface area contributed by atoms with Gasteiger partial charge in [0.05, 0.1) is 0 Å². The molecule has 0 aliphatic heterocycles. The van der Waals surface area contributed by atoms with Gasteiger partial charge in [0.2, 0.25) is 0 Å². The summed E-state index contributed by atoms with van der Waals surface area (Å²) >= 11 is 0. The molecule has 0 fully saturated rings. The molecular weight excluding hydrogens is 269 g/mol. The highest BCUT2D eigenvalue weighted by Crippen LogP contribution is 2.19. The summed E-state index contributed by atoms with van der Waals surface area (Å²) < 4.78 is 5.19. The van der Waals surface area contributed by atoms with Gasteiger partial charge >= 0.3 is 13.2 Å². The van der Waals surface area contributed by atoms with Crippen LogP contribution < -0.4 is 10.8 Å². The molecule has 0 bridgehead atoms. The maximum absolute atomic E-state index is 11.7. The number of nitrogens with one attached hydrogen (secondary N) is 1. The molecule has 2 aromatic carbocycles. The molecular formula is C15H18BNO4. The maximum Gasteiger partial charge on any atom is 0.488 e. The molecule has 0 saturated carbocycles. The summed E-state index contributed by atoms with van der Waals surface area (Å²) in [7, 11) is -1.49. The van der Waals surface area contributed by atoms with Crippen molar-refractivity contribution in [2.75, 3.05) is 5.32 Å². The second-order valence-corrected chi connectivity index (χ2v) is 5.82. The van der Waals surface area contributed by atoms with Gasteiger partial charge in [-0.15, -0.1) is 0 Å². The van der Waals surface area contributed by atoms with Gasteiger partial charge in [0.25, 0.3) is 0 Å². The van der Waals surface area contributed by atoms with Gasteiger partial charge in [-0.1, -0.05) is 24.3 Å². The molecule has 110 valence electrons. The Labute approximate surface area is 123 Å². The molecule has 0 aromatic heterocycles. The second kappa shape index (κ2) is 5.75. The Morgan fingerprint density at radius 2 is 1.71 bits per heavy atom. The second-order valence-electron chi connectivity index (χ2n) is 5.82. The molecule has 2 rings (SSSR count). The summed E-state index contributed by atoms with van der Waals surface area (Å²) in [6.45, 7) is 5.40. The van der Waals surface area contributed by atoms with Gasteiger partial charge in [-0.05, 0) is 49.1 Å². The van der Waals surface area contributed by atoms with Crippen molar-refractivity contribution >= 4 is 35.1 Å². The van der Waals surface area contributed by atoms with E-state index in [1.165, 1.54) is 0 Å². The van der Waals surface area contributed by atoms with Crippen molar-refractivity contribution in [1.29, 1.82) is 0 Å². The third kappa shape index (κ3) is 4.21. The van der Waals surface area contributed by atoms with Crippen LogP contribution in [0.3, 0.4) is 0 Å². The van der Waals surface area contributed by atoms with Crippen LogP contribution in [0.4, 0.5) is 10.5 Å². The Kier molecular flexibility index (Phi) is 4.20. The molecule has 0 radical (unpaired) electrons. The largest absolute Gasteiger partial charge is 0.488 e. The van der Waals surface area contributed by atoms with Gasteiger partial charge in [0.1, 0.15) is 5.60 Å². The van der Waals surface area contributed by atoms with Crippen LogP contribution in [0.5, 0.6) is 0 Å². The fourth-order valence-electron chi connectivity index (χ4n) is 1.92. The molecule has 0 aliphatic carbocycles. The van der Waals surface area contributed by atoms with Crippen LogP contribution in [0.2, 0.25) is 0 Å². The first-order chi connectivity index (χ1) is 9.74. The van der Waals surface area contributed by atoms with Crippen molar-refractivity contribution in [1.82, 2.24) is 0 Å². The van der Waals surface area contributed by atoms with Crippen molar-refractivity contribution in [3.05, 3.63) is 36.4 Å². The quantitative estimate of drug-likeness (QED) is 0.737. The number of fused-ring (bicyclic) bond motifs is 1. The molecule has 21 heavy (non-hydrogen) atoms. The number of amides is 1. The first-order valence-electron chi connectivity index (χ1n) is 6.64. The number of hydrogen-bond donors (Lipinski definition) is 3. The molecule has 1 amide bonds. The zero-order valence-corrected chi connectivity index (χ0v) is 12.3. The Morgan fingerprint density at radius 1 is 1.10 bits per heavy atom. The van der Waals surface area contributed by atoms with Gasteiger partial charge in [0.15, 0.2) is 0 Å². The zero-order valence-electron chi connectivity index (χ0n) is 12.3. The van der Waals surface area contributed by atoms with Crippen molar-refractivity contribution in [3.8, 4) is 0 Å². The lowest BCUT2D eigenvalue weighted by atomic mass is 9.79. The van der Waals surface area contributed by atoms with E-state index in [-0.39, 0.29) is 0 Å². The van der Waals surface area contributed by atoms with E-state index in [0.717, 1.165) is 10.8 Å². The molecule has 0 saturated heterocycles. The van der Waals surface area contributed by atoms with Gasteiger partial charge < -0.3 is 14.8 Å². The maximum atomic E-state index is 11.7. The van der Waals surface area contributed by atoms with Crippen LogP contribution in [0.1, 0.15) is 20.8 Å². The smallest absolute Gasteiger partial charge is 0.444 e. The Morgan fingerprint density at radius 3 is 2.33 bits per heavy atom. The van der Waals surface area contributed by atoms with E-state index in [2.05, 4.69) is 5.32 Å². The topological polar surface area (TPSA) is 78.8 Å². The lowest BCUT2D eigenvalue weighted by Gasteiger charge is -2.19. The standard InChI is InChI=1S/C15H18BNO4/c1-15(2,3)21-14(18)17-13-7-5-10-8-12(16(19)20)6-4-11(10)9-13/h4-9,19-20H,1-3H3,(H,17,18). The molecule has 0 spiro atoms. The molecule has 5 nitrogen and oxygen atoms in total. The van der Waals surface area contributed by atoms with Crippen molar-refractivity contribution in [2.24, 2.45) is 0 Å². The predicted octanol–water partition coefficient (Wildman–Crippen LogP) is 1.87. The van der Waals surface area contributed by atoms with E-state index < -0.39 is 18.8 Å². The molecule has 0 heterocycles. The zero-order chi connectivity index (χ0) is 15.6. The van der Waals surface area contributed by atoms with Gasteiger partial charge in [-0.2, -0.15) is 0 Å². The fraction of sp³-hybridized carbons (Fsp3) is 0.267. The fourth-order valence-corrected chi connectivity index (χ4v) is 1.92. The van der Waals surface area contributed by atoms with E-state index in [1.54, 1.807) is 57.2 Å². The van der Waals surface area contributed by atoms with Crippen molar-refractivity contribution in [3.63, 3.8) is 0 Å². The van der Waals surface area contributed by atoms with E-state index >= 15 is 0 Å². The van der Waals surface area contributed by atoms with Crippen LogP contribution in [0.15, 0.2) is 36.4 Å². The Balaban J connectivity index is 2.20. The monoisotopic (exact) mass is 287 g/mol. The molecule has 2 aromatic rings. The molecule has 0 aliphatic rings. The van der Waals surface area contributed by atoms with Crippen LogP contribution in [-0.4, -0.2) is 28.9 Å². The van der Waals surface area contributed by atoms with E-state index in [0.29, 0.717) is 11.2 Å². The van der Waals surface area contributed by atoms with Crippen LogP contribution >= 0.6 is 0 Å². The van der Waals surface area contributed by atoms with E-state index in [1.807, 2.05) is 0 Å². The summed E-state index contributed by atoms with van der Waals surface area (Å²) in [5, 5.41) is 22.7. The normalized spacial score (nSPS) is 11.3. The number of benzene rings is 2. The number of anilines is 1. The summed E-state index contributed by atoms with van der Waals surface area (Å²) in [5.41, 5.74) is 0.497. The Hall–Kier alpha value is -2.05. The molecule has 0 unspecified atom stereocenters. The predicted molar refractivity (Wildman–Crippen MR) is 83.6 cm³/mol. The number of rotatable bonds is 2. The third-order valence-electron chi connectivity index (χ3n) is 2.81. The summed E-state index contributed by atoms with van der Waals surface area (Å²) in [4.78, 5) is 11.7. The highest BCUT2D eigenvalue weighted by molar-refractivity contribution is 6.58. The van der Waals surface area contributed by atoms with E-state index in [9.17, 15) is 4.79 Å². The third-order valence-corrected chi connectivity index (χ3v) is 2.81. The first kappa shape index (κ1) is 15.3. The van der Waals surface area contributed by atoms with Crippen molar-refractivity contribution < 1.29 is 19.6 Å². The minimum Gasteiger partial charge on any atom is -0.444 e. The van der Waals surface area contributed by atoms with Gasteiger partial charge in [-0.25, -0.2) is 4.79 Å². The molecule has 0 atom stereocenters. The van der Waals surface area contributed by atoms with Gasteiger partial charge in [0, 0.05) is 5.69 Å². The van der Waals surface area contributed by atoms with Crippen LogP contribution in [0, 0.1) is 0 Å². The first-order valence-corrected chi connectivity index (χ1v) is 6.64.